The van der Waals surface area contributed by atoms with Gasteiger partial charge in [0.1, 0.15) is 25.0 Å². The molecule has 142 valence electrons. The van der Waals surface area contributed by atoms with E-state index in [1.807, 2.05) is 0 Å². The number of ether oxygens (including phenoxy) is 3. The first-order valence-electron chi connectivity index (χ1n) is 7.43. The van der Waals surface area contributed by atoms with E-state index in [0.717, 1.165) is 7.11 Å². The molecule has 1 amide bonds. The average molecular weight is 369 g/mol. The second-order valence-electron chi connectivity index (χ2n) is 4.94. The monoisotopic (exact) mass is 369 g/mol. The molecule has 1 unspecified atom stereocenters. The Hall–Kier alpha value is -2.98. The summed E-state index contributed by atoms with van der Waals surface area (Å²) < 4.78 is 13.9. The van der Waals surface area contributed by atoms with Crippen LogP contribution < -0.4 is 10.1 Å². The van der Waals surface area contributed by atoms with Crippen molar-refractivity contribution in [3.05, 3.63) is 29.8 Å². The van der Waals surface area contributed by atoms with Crippen molar-refractivity contribution in [1.29, 1.82) is 0 Å². The summed E-state index contributed by atoms with van der Waals surface area (Å²) in [6.45, 7) is -2.20. The Kier molecular flexibility index (Phi) is 8.75. The van der Waals surface area contributed by atoms with Crippen LogP contribution in [0.4, 0.5) is 0 Å². The first kappa shape index (κ1) is 21.1. The van der Waals surface area contributed by atoms with Gasteiger partial charge < -0.3 is 29.7 Å². The molecule has 1 atom stereocenters. The summed E-state index contributed by atoms with van der Waals surface area (Å²) in [6.07, 6.45) is -0.0000274. The zero-order valence-corrected chi connectivity index (χ0v) is 14.0. The number of aliphatic hydroxyl groups excluding tert-OH is 2. The summed E-state index contributed by atoms with van der Waals surface area (Å²) in [5.41, 5.74) is 0.576. The molecule has 3 N–H and O–H groups in total. The van der Waals surface area contributed by atoms with Crippen molar-refractivity contribution in [2.45, 2.75) is 12.5 Å². The van der Waals surface area contributed by atoms with Crippen molar-refractivity contribution in [1.82, 2.24) is 5.32 Å². The molecule has 0 saturated heterocycles. The van der Waals surface area contributed by atoms with Crippen LogP contribution in [0.2, 0.25) is 0 Å². The maximum Gasteiger partial charge on any atom is 0.344 e. The van der Waals surface area contributed by atoms with Crippen LogP contribution in [-0.4, -0.2) is 67.0 Å². The number of rotatable bonds is 9. The third-order valence-corrected chi connectivity index (χ3v) is 3.05. The average Bonchev–Trinajstić information content (AvgIpc) is 2.66. The third-order valence-electron chi connectivity index (χ3n) is 3.05. The van der Waals surface area contributed by atoms with Crippen molar-refractivity contribution in [2.24, 2.45) is 0 Å². The van der Waals surface area contributed by atoms with Gasteiger partial charge in [-0.25, -0.2) is 14.4 Å². The van der Waals surface area contributed by atoms with Gasteiger partial charge in [-0.1, -0.05) is 12.1 Å². The van der Waals surface area contributed by atoms with Crippen molar-refractivity contribution in [2.75, 3.05) is 26.9 Å². The van der Waals surface area contributed by atoms with E-state index in [1.165, 1.54) is 24.3 Å². The lowest BCUT2D eigenvalue weighted by Gasteiger charge is -2.17. The first-order chi connectivity index (χ1) is 12.4. The summed E-state index contributed by atoms with van der Waals surface area (Å²) in [4.78, 5) is 45.5. The smallest absolute Gasteiger partial charge is 0.344 e. The van der Waals surface area contributed by atoms with Gasteiger partial charge in [0.05, 0.1) is 7.11 Å². The van der Waals surface area contributed by atoms with Crippen LogP contribution in [0.5, 0.6) is 5.75 Å². The number of amides is 1. The lowest BCUT2D eigenvalue weighted by molar-refractivity contribution is -0.158. The molecule has 0 radical (unpaired) electrons. The van der Waals surface area contributed by atoms with E-state index in [4.69, 9.17) is 19.7 Å². The number of hydrogen-bond donors (Lipinski definition) is 3. The molecular weight excluding hydrogens is 350 g/mol. The molecule has 10 heteroatoms. The molecule has 0 bridgehead atoms. The highest BCUT2D eigenvalue weighted by Gasteiger charge is 2.23. The number of hydrogen-bond acceptors (Lipinski definition) is 9. The fourth-order valence-corrected chi connectivity index (χ4v) is 1.82. The topological polar surface area (TPSA) is 148 Å². The van der Waals surface area contributed by atoms with Crippen LogP contribution in [-0.2, 0) is 35.1 Å². The van der Waals surface area contributed by atoms with Gasteiger partial charge in [-0.2, -0.15) is 0 Å². The Morgan fingerprint density at radius 1 is 1.04 bits per heavy atom. The lowest BCUT2D eigenvalue weighted by Crippen LogP contribution is -2.45. The van der Waals surface area contributed by atoms with Gasteiger partial charge in [-0.15, -0.1) is 0 Å². The molecule has 0 aliphatic heterocycles. The predicted molar refractivity (Wildman–Crippen MR) is 84.9 cm³/mol. The van der Waals surface area contributed by atoms with Gasteiger partial charge in [0.25, 0.3) is 0 Å². The standard InChI is InChI=1S/C16H19NO9/c1-24-15(22)9-25-16(23)12(17-13(20)7-18)6-10-2-4-11(5-3-10)26-14(21)8-19/h2-5,12,18-19H,6-9H2,1H3,(H,17,20). The Balaban J connectivity index is 2.77. The van der Waals surface area contributed by atoms with Gasteiger partial charge in [-0.3, -0.25) is 4.79 Å². The van der Waals surface area contributed by atoms with Gasteiger partial charge >= 0.3 is 17.9 Å². The minimum atomic E-state index is -1.15. The molecule has 1 rings (SSSR count). The normalized spacial score (nSPS) is 11.2. The van der Waals surface area contributed by atoms with E-state index < -0.39 is 49.7 Å². The summed E-state index contributed by atoms with van der Waals surface area (Å²) in [5.74, 6) is -3.07. The fraction of sp³-hybridized carbons (Fsp3) is 0.375. The maximum atomic E-state index is 12.0. The fourth-order valence-electron chi connectivity index (χ4n) is 1.82. The van der Waals surface area contributed by atoms with Crippen molar-refractivity contribution < 1.29 is 43.6 Å². The Morgan fingerprint density at radius 3 is 2.23 bits per heavy atom. The molecule has 10 nitrogen and oxygen atoms in total. The largest absolute Gasteiger partial charge is 0.466 e. The number of nitrogens with one attached hydrogen (secondary N) is 1. The van der Waals surface area contributed by atoms with Gasteiger partial charge in [-0.05, 0) is 17.7 Å². The van der Waals surface area contributed by atoms with Crippen molar-refractivity contribution in [3.8, 4) is 5.75 Å². The Bertz CT molecular complexity index is 642. The van der Waals surface area contributed by atoms with Gasteiger partial charge in [0.2, 0.25) is 5.91 Å². The molecule has 1 aromatic carbocycles. The van der Waals surface area contributed by atoms with Crippen LogP contribution in [0, 0.1) is 0 Å². The highest BCUT2D eigenvalue weighted by Crippen LogP contribution is 2.14. The van der Waals surface area contributed by atoms with Crippen molar-refractivity contribution >= 4 is 23.8 Å². The third kappa shape index (κ3) is 7.28. The molecule has 0 aromatic heterocycles. The summed E-state index contributed by atoms with van der Waals surface area (Å²) in [7, 11) is 1.13. The Labute approximate surface area is 148 Å². The minimum Gasteiger partial charge on any atom is -0.466 e. The number of carbonyl (C=O) groups excluding carboxylic acids is 4. The molecule has 0 saturated carbocycles. The summed E-state index contributed by atoms with van der Waals surface area (Å²) in [6, 6.07) is 4.79. The molecule has 1 aromatic rings. The van der Waals surface area contributed by atoms with Crippen LogP contribution in [0.3, 0.4) is 0 Å². The first-order valence-corrected chi connectivity index (χ1v) is 7.43. The van der Waals surface area contributed by atoms with E-state index in [9.17, 15) is 19.2 Å². The van der Waals surface area contributed by atoms with Gasteiger partial charge in [0.15, 0.2) is 6.61 Å². The minimum absolute atomic E-state index is 0.0000274. The van der Waals surface area contributed by atoms with E-state index in [2.05, 4.69) is 10.1 Å². The molecule has 0 heterocycles. The van der Waals surface area contributed by atoms with E-state index in [1.54, 1.807) is 0 Å². The number of carbonyl (C=O) groups is 4. The zero-order chi connectivity index (χ0) is 19.5. The van der Waals surface area contributed by atoms with Crippen molar-refractivity contribution in [3.63, 3.8) is 0 Å². The SMILES string of the molecule is COC(=O)COC(=O)C(Cc1ccc(OC(=O)CO)cc1)NC(=O)CO. The molecule has 0 spiro atoms. The molecule has 0 aliphatic rings. The lowest BCUT2D eigenvalue weighted by atomic mass is 10.1. The van der Waals surface area contributed by atoms with E-state index >= 15 is 0 Å². The van der Waals surface area contributed by atoms with Crippen LogP contribution >= 0.6 is 0 Å². The number of benzene rings is 1. The maximum absolute atomic E-state index is 12.0. The van der Waals surface area contributed by atoms with Crippen LogP contribution in [0.25, 0.3) is 0 Å². The summed E-state index contributed by atoms with van der Waals surface area (Å²) >= 11 is 0. The summed E-state index contributed by atoms with van der Waals surface area (Å²) in [5, 5.41) is 19.7. The number of methoxy groups -OCH3 is 1. The second-order valence-corrected chi connectivity index (χ2v) is 4.94. The Morgan fingerprint density at radius 2 is 1.69 bits per heavy atom. The van der Waals surface area contributed by atoms with E-state index in [-0.39, 0.29) is 12.2 Å². The highest BCUT2D eigenvalue weighted by molar-refractivity contribution is 5.86. The van der Waals surface area contributed by atoms with E-state index in [0.29, 0.717) is 5.56 Å². The zero-order valence-electron chi connectivity index (χ0n) is 14.0. The van der Waals surface area contributed by atoms with Crippen LogP contribution in [0.15, 0.2) is 24.3 Å². The molecular formula is C16H19NO9. The second kappa shape index (κ2) is 10.8. The van der Waals surface area contributed by atoms with Crippen LogP contribution in [0.1, 0.15) is 5.56 Å². The molecule has 26 heavy (non-hydrogen) atoms. The molecule has 0 aliphatic carbocycles. The molecule has 0 fully saturated rings. The quantitative estimate of drug-likeness (QED) is 0.343. The highest BCUT2D eigenvalue weighted by atomic mass is 16.6. The van der Waals surface area contributed by atoms with Gasteiger partial charge in [0, 0.05) is 6.42 Å². The number of aliphatic hydroxyl groups is 2. The number of esters is 3. The predicted octanol–water partition coefficient (Wildman–Crippen LogP) is -1.68.